The number of hydrogen-bond acceptors (Lipinski definition) is 6. The van der Waals surface area contributed by atoms with Crippen LogP contribution in [0, 0.1) is 0 Å². The monoisotopic (exact) mass is 383 g/mol. The van der Waals surface area contributed by atoms with Gasteiger partial charge in [0.1, 0.15) is 11.5 Å². The van der Waals surface area contributed by atoms with Gasteiger partial charge < -0.3 is 18.9 Å². The van der Waals surface area contributed by atoms with Crippen molar-refractivity contribution in [2.45, 2.75) is 51.7 Å². The Bertz CT molecular complexity index is 907. The molecule has 1 fully saturated rings. The van der Waals surface area contributed by atoms with E-state index in [0.29, 0.717) is 25.6 Å². The summed E-state index contributed by atoms with van der Waals surface area (Å²) in [5, 5.41) is 4.31. The van der Waals surface area contributed by atoms with Crippen LogP contribution in [0.15, 0.2) is 22.7 Å². The van der Waals surface area contributed by atoms with Crippen LogP contribution in [0.5, 0.6) is 11.5 Å². The standard InChI is InChI=1S/C21H25N3O4/c1-13(2)24-8-3-4-16(24)21(25)23-9-7-17-15(11-23)20(22-28-17)14-5-6-18-19(10-14)27-12-26-18/h5-6,10,13,16H,3-4,7-9,11-12H2,1-2H3/t16-/m0/s1. The number of hydrogen-bond donors (Lipinski definition) is 0. The predicted molar refractivity (Wildman–Crippen MR) is 102 cm³/mol. The first-order valence-corrected chi connectivity index (χ1v) is 10.0. The second-order valence-electron chi connectivity index (χ2n) is 8.00. The van der Waals surface area contributed by atoms with Crippen LogP contribution in [-0.2, 0) is 17.8 Å². The smallest absolute Gasteiger partial charge is 0.240 e. The van der Waals surface area contributed by atoms with Gasteiger partial charge in [0.05, 0.1) is 12.6 Å². The zero-order valence-electron chi connectivity index (χ0n) is 16.3. The lowest BCUT2D eigenvalue weighted by molar-refractivity contribution is -0.137. The van der Waals surface area contributed by atoms with Crippen LogP contribution in [0.25, 0.3) is 11.3 Å². The van der Waals surface area contributed by atoms with Gasteiger partial charge in [0, 0.05) is 30.1 Å². The topological polar surface area (TPSA) is 68.0 Å². The van der Waals surface area contributed by atoms with E-state index < -0.39 is 0 Å². The molecule has 0 spiro atoms. The van der Waals surface area contributed by atoms with Gasteiger partial charge in [-0.15, -0.1) is 0 Å². The fourth-order valence-electron chi connectivity index (χ4n) is 4.55. The minimum Gasteiger partial charge on any atom is -0.454 e. The van der Waals surface area contributed by atoms with Gasteiger partial charge in [-0.2, -0.15) is 0 Å². The number of carbonyl (C=O) groups excluding carboxylic acids is 1. The Morgan fingerprint density at radius 2 is 2.07 bits per heavy atom. The maximum Gasteiger partial charge on any atom is 0.240 e. The number of carbonyl (C=O) groups is 1. The normalized spacial score (nSPS) is 21.4. The fourth-order valence-corrected chi connectivity index (χ4v) is 4.55. The number of aromatic nitrogens is 1. The molecule has 148 valence electrons. The van der Waals surface area contributed by atoms with E-state index in [2.05, 4.69) is 23.9 Å². The number of ether oxygens (including phenoxy) is 2. The second-order valence-corrected chi connectivity index (χ2v) is 8.00. The molecule has 0 saturated carbocycles. The molecule has 0 bridgehead atoms. The summed E-state index contributed by atoms with van der Waals surface area (Å²) in [5.41, 5.74) is 2.72. The fraction of sp³-hybridized carbons (Fsp3) is 0.524. The minimum absolute atomic E-state index is 0.00426. The van der Waals surface area contributed by atoms with Crippen molar-refractivity contribution in [1.82, 2.24) is 15.0 Å². The molecule has 0 aliphatic carbocycles. The molecule has 28 heavy (non-hydrogen) atoms. The summed E-state index contributed by atoms with van der Waals surface area (Å²) in [6.07, 6.45) is 2.73. The van der Waals surface area contributed by atoms with Crippen LogP contribution >= 0.6 is 0 Å². The maximum atomic E-state index is 13.2. The number of amides is 1. The van der Waals surface area contributed by atoms with Gasteiger partial charge in [-0.1, -0.05) is 5.16 Å². The molecule has 2 aromatic rings. The lowest BCUT2D eigenvalue weighted by Gasteiger charge is -2.33. The molecule has 0 unspecified atom stereocenters. The van der Waals surface area contributed by atoms with E-state index in [-0.39, 0.29) is 18.7 Å². The van der Waals surface area contributed by atoms with Gasteiger partial charge in [-0.25, -0.2) is 0 Å². The van der Waals surface area contributed by atoms with Crippen molar-refractivity contribution in [1.29, 1.82) is 0 Å². The third-order valence-corrected chi connectivity index (χ3v) is 6.03. The highest BCUT2D eigenvalue weighted by molar-refractivity contribution is 5.83. The van der Waals surface area contributed by atoms with Crippen LogP contribution in [0.1, 0.15) is 38.0 Å². The third kappa shape index (κ3) is 2.85. The molecule has 1 atom stereocenters. The summed E-state index contributed by atoms with van der Waals surface area (Å²) < 4.78 is 16.5. The highest BCUT2D eigenvalue weighted by atomic mass is 16.7. The van der Waals surface area contributed by atoms with Crippen LogP contribution in [0.4, 0.5) is 0 Å². The summed E-state index contributed by atoms with van der Waals surface area (Å²) in [5.74, 6) is 2.57. The quantitative estimate of drug-likeness (QED) is 0.812. The van der Waals surface area contributed by atoms with Crippen molar-refractivity contribution >= 4 is 5.91 Å². The Morgan fingerprint density at radius 1 is 1.21 bits per heavy atom. The average Bonchev–Trinajstić information content (AvgIpc) is 3.44. The molecule has 7 nitrogen and oxygen atoms in total. The van der Waals surface area contributed by atoms with Crippen molar-refractivity contribution in [3.05, 3.63) is 29.5 Å². The predicted octanol–water partition coefficient (Wildman–Crippen LogP) is 2.83. The molecule has 1 amide bonds. The van der Waals surface area contributed by atoms with E-state index in [1.54, 1.807) is 0 Å². The zero-order chi connectivity index (χ0) is 19.3. The van der Waals surface area contributed by atoms with E-state index in [1.807, 2.05) is 23.1 Å². The van der Waals surface area contributed by atoms with E-state index in [9.17, 15) is 4.79 Å². The molecule has 1 aromatic heterocycles. The summed E-state index contributed by atoms with van der Waals surface area (Å²) in [6, 6.07) is 6.17. The third-order valence-electron chi connectivity index (χ3n) is 6.03. The minimum atomic E-state index is -0.00426. The van der Waals surface area contributed by atoms with Crippen molar-refractivity contribution < 1.29 is 18.8 Å². The molecule has 3 aliphatic rings. The Balaban J connectivity index is 1.40. The first kappa shape index (κ1) is 17.6. The summed E-state index contributed by atoms with van der Waals surface area (Å²) in [6.45, 7) is 6.80. The van der Waals surface area contributed by atoms with Crippen molar-refractivity contribution in [2.75, 3.05) is 19.9 Å². The van der Waals surface area contributed by atoms with E-state index in [0.717, 1.165) is 53.5 Å². The van der Waals surface area contributed by atoms with Crippen LogP contribution in [-0.4, -0.2) is 52.8 Å². The zero-order valence-corrected chi connectivity index (χ0v) is 16.3. The molecule has 5 rings (SSSR count). The Kier molecular flexibility index (Phi) is 4.27. The highest BCUT2D eigenvalue weighted by Crippen LogP contribution is 2.38. The Labute approximate surface area is 164 Å². The van der Waals surface area contributed by atoms with Gasteiger partial charge in [0.15, 0.2) is 11.5 Å². The Morgan fingerprint density at radius 3 is 2.93 bits per heavy atom. The second kappa shape index (κ2) is 6.81. The molecule has 0 radical (unpaired) electrons. The first-order valence-electron chi connectivity index (χ1n) is 10.0. The van der Waals surface area contributed by atoms with Crippen LogP contribution < -0.4 is 9.47 Å². The first-order chi connectivity index (χ1) is 13.6. The van der Waals surface area contributed by atoms with Gasteiger partial charge in [0.25, 0.3) is 0 Å². The maximum absolute atomic E-state index is 13.2. The van der Waals surface area contributed by atoms with Crippen molar-refractivity contribution in [3.63, 3.8) is 0 Å². The summed E-state index contributed by atoms with van der Waals surface area (Å²) >= 11 is 0. The number of likely N-dealkylation sites (tertiary alicyclic amines) is 1. The van der Waals surface area contributed by atoms with E-state index in [4.69, 9.17) is 14.0 Å². The van der Waals surface area contributed by atoms with Gasteiger partial charge >= 0.3 is 0 Å². The lowest BCUT2D eigenvalue weighted by Crippen LogP contribution is -2.49. The number of nitrogens with zero attached hydrogens (tertiary/aromatic N) is 3. The Hall–Kier alpha value is -2.54. The van der Waals surface area contributed by atoms with Gasteiger partial charge in [-0.05, 0) is 51.4 Å². The molecular formula is C21H25N3O4. The van der Waals surface area contributed by atoms with Crippen molar-refractivity contribution in [2.24, 2.45) is 0 Å². The van der Waals surface area contributed by atoms with E-state index in [1.165, 1.54) is 0 Å². The SMILES string of the molecule is CC(C)N1CCC[C@H]1C(=O)N1CCc2onc(-c3ccc4c(c3)OCO4)c2C1. The molecular weight excluding hydrogens is 358 g/mol. The molecule has 0 N–H and O–H groups in total. The molecule has 3 aliphatic heterocycles. The lowest BCUT2D eigenvalue weighted by atomic mass is 10.00. The average molecular weight is 383 g/mol. The van der Waals surface area contributed by atoms with Gasteiger partial charge in [0.2, 0.25) is 12.7 Å². The number of benzene rings is 1. The number of rotatable bonds is 3. The number of fused-ring (bicyclic) bond motifs is 2. The van der Waals surface area contributed by atoms with E-state index >= 15 is 0 Å². The summed E-state index contributed by atoms with van der Waals surface area (Å²) in [7, 11) is 0. The van der Waals surface area contributed by atoms with Crippen molar-refractivity contribution in [3.8, 4) is 22.8 Å². The van der Waals surface area contributed by atoms with Gasteiger partial charge in [-0.3, -0.25) is 9.69 Å². The molecule has 4 heterocycles. The largest absolute Gasteiger partial charge is 0.454 e. The van der Waals surface area contributed by atoms with Crippen LogP contribution in [0.3, 0.4) is 0 Å². The molecule has 1 aromatic carbocycles. The molecule has 7 heteroatoms. The van der Waals surface area contributed by atoms with Crippen LogP contribution in [0.2, 0.25) is 0 Å². The molecule has 1 saturated heterocycles. The summed E-state index contributed by atoms with van der Waals surface area (Å²) in [4.78, 5) is 17.5. The highest BCUT2D eigenvalue weighted by Gasteiger charge is 2.37.